The summed E-state index contributed by atoms with van der Waals surface area (Å²) in [5.74, 6) is -0.118. The van der Waals surface area contributed by atoms with Crippen LogP contribution in [0.1, 0.15) is 23.0 Å². The van der Waals surface area contributed by atoms with Gasteiger partial charge in [-0.1, -0.05) is 0 Å². The molecule has 0 spiro atoms. The van der Waals surface area contributed by atoms with E-state index in [-0.39, 0.29) is 11.9 Å². The van der Waals surface area contributed by atoms with Crippen LogP contribution in [-0.4, -0.2) is 28.3 Å². The van der Waals surface area contributed by atoms with Crippen LogP contribution in [0.25, 0.3) is 0 Å². The van der Waals surface area contributed by atoms with Crippen molar-refractivity contribution < 1.29 is 4.79 Å². The molecule has 1 atom stereocenters. The second kappa shape index (κ2) is 4.23. The molecule has 0 fully saturated rings. The SMILES string of the molecule is Cc1nn(C)cc1C(=O)NCC(C)N. The van der Waals surface area contributed by atoms with Gasteiger partial charge in [0.2, 0.25) is 0 Å². The Kier molecular flexibility index (Phi) is 3.24. The van der Waals surface area contributed by atoms with E-state index in [2.05, 4.69) is 10.4 Å². The minimum absolute atomic E-state index is 0.0315. The summed E-state index contributed by atoms with van der Waals surface area (Å²) in [6.07, 6.45) is 1.70. The first-order chi connectivity index (χ1) is 6.50. The molecule has 5 nitrogen and oxygen atoms in total. The number of nitrogens with two attached hydrogens (primary N) is 1. The van der Waals surface area contributed by atoms with E-state index in [4.69, 9.17) is 5.73 Å². The summed E-state index contributed by atoms with van der Waals surface area (Å²) < 4.78 is 1.62. The van der Waals surface area contributed by atoms with E-state index < -0.39 is 0 Å². The van der Waals surface area contributed by atoms with Gasteiger partial charge in [-0.2, -0.15) is 5.10 Å². The van der Waals surface area contributed by atoms with Crippen LogP contribution >= 0.6 is 0 Å². The van der Waals surface area contributed by atoms with Gasteiger partial charge in [0.1, 0.15) is 0 Å². The number of carbonyl (C=O) groups excluding carboxylic acids is 1. The average Bonchev–Trinajstić information content (AvgIpc) is 2.41. The highest BCUT2D eigenvalue weighted by molar-refractivity contribution is 5.94. The van der Waals surface area contributed by atoms with Gasteiger partial charge in [0.25, 0.3) is 5.91 Å². The Bertz CT molecular complexity index is 330. The quantitative estimate of drug-likeness (QED) is 0.703. The molecule has 3 N–H and O–H groups in total. The zero-order valence-corrected chi connectivity index (χ0v) is 8.74. The second-order valence-electron chi connectivity index (χ2n) is 3.49. The largest absolute Gasteiger partial charge is 0.350 e. The van der Waals surface area contributed by atoms with Crippen LogP contribution in [0.4, 0.5) is 0 Å². The summed E-state index contributed by atoms with van der Waals surface area (Å²) in [5.41, 5.74) is 6.86. The molecule has 1 rings (SSSR count). The maximum atomic E-state index is 11.6. The molecule has 78 valence electrons. The summed E-state index contributed by atoms with van der Waals surface area (Å²) in [6.45, 7) is 4.13. The molecule has 0 aliphatic rings. The number of hydrogen-bond donors (Lipinski definition) is 2. The third-order valence-corrected chi connectivity index (χ3v) is 1.84. The fourth-order valence-corrected chi connectivity index (χ4v) is 1.17. The first-order valence-electron chi connectivity index (χ1n) is 4.54. The lowest BCUT2D eigenvalue weighted by Gasteiger charge is -2.06. The Morgan fingerprint density at radius 1 is 1.79 bits per heavy atom. The molecule has 0 radical (unpaired) electrons. The van der Waals surface area contributed by atoms with Gasteiger partial charge in [0.15, 0.2) is 0 Å². The summed E-state index contributed by atoms with van der Waals surface area (Å²) in [6, 6.07) is -0.0315. The van der Waals surface area contributed by atoms with Gasteiger partial charge in [-0.3, -0.25) is 9.48 Å². The van der Waals surface area contributed by atoms with Crippen molar-refractivity contribution in [3.63, 3.8) is 0 Å². The molecular formula is C9H16N4O. The van der Waals surface area contributed by atoms with Crippen molar-refractivity contribution in [3.8, 4) is 0 Å². The maximum Gasteiger partial charge on any atom is 0.254 e. The van der Waals surface area contributed by atoms with Gasteiger partial charge in [0.05, 0.1) is 11.3 Å². The molecule has 1 aromatic rings. The number of carbonyl (C=O) groups is 1. The van der Waals surface area contributed by atoms with Crippen LogP contribution in [0.2, 0.25) is 0 Å². The van der Waals surface area contributed by atoms with Gasteiger partial charge >= 0.3 is 0 Å². The molecule has 0 aromatic carbocycles. The molecule has 0 aliphatic carbocycles. The Hall–Kier alpha value is -1.36. The van der Waals surface area contributed by atoms with E-state index in [1.807, 2.05) is 6.92 Å². The molecule has 1 amide bonds. The molecule has 14 heavy (non-hydrogen) atoms. The van der Waals surface area contributed by atoms with E-state index in [0.29, 0.717) is 12.1 Å². The predicted octanol–water partition coefficient (Wildman–Crippen LogP) is -0.194. The number of aryl methyl sites for hydroxylation is 2. The Morgan fingerprint density at radius 2 is 2.43 bits per heavy atom. The summed E-state index contributed by atoms with van der Waals surface area (Å²) >= 11 is 0. The second-order valence-corrected chi connectivity index (χ2v) is 3.49. The van der Waals surface area contributed by atoms with Gasteiger partial charge in [0, 0.05) is 25.8 Å². The fraction of sp³-hybridized carbons (Fsp3) is 0.556. The zero-order chi connectivity index (χ0) is 10.7. The molecule has 1 aromatic heterocycles. The molecule has 0 saturated carbocycles. The summed E-state index contributed by atoms with van der Waals surface area (Å²) in [4.78, 5) is 11.6. The summed E-state index contributed by atoms with van der Waals surface area (Å²) in [7, 11) is 1.79. The third kappa shape index (κ3) is 2.56. The molecule has 0 aliphatic heterocycles. The average molecular weight is 196 g/mol. The maximum absolute atomic E-state index is 11.6. The smallest absolute Gasteiger partial charge is 0.254 e. The molecule has 1 heterocycles. The van der Waals surface area contributed by atoms with E-state index in [1.54, 1.807) is 24.9 Å². The predicted molar refractivity (Wildman–Crippen MR) is 53.9 cm³/mol. The van der Waals surface area contributed by atoms with Gasteiger partial charge in [-0.25, -0.2) is 0 Å². The van der Waals surface area contributed by atoms with Crippen molar-refractivity contribution in [2.75, 3.05) is 6.54 Å². The van der Waals surface area contributed by atoms with Crippen molar-refractivity contribution in [1.82, 2.24) is 15.1 Å². The summed E-state index contributed by atoms with van der Waals surface area (Å²) in [5, 5.41) is 6.82. The minimum atomic E-state index is -0.118. The number of hydrogen-bond acceptors (Lipinski definition) is 3. The zero-order valence-electron chi connectivity index (χ0n) is 8.74. The Balaban J connectivity index is 2.65. The lowest BCUT2D eigenvalue weighted by Crippen LogP contribution is -2.35. The van der Waals surface area contributed by atoms with Crippen LogP contribution in [0, 0.1) is 6.92 Å². The van der Waals surface area contributed by atoms with Crippen LogP contribution in [0.15, 0.2) is 6.20 Å². The number of nitrogens with zero attached hydrogens (tertiary/aromatic N) is 2. The van der Waals surface area contributed by atoms with Crippen molar-refractivity contribution in [1.29, 1.82) is 0 Å². The number of rotatable bonds is 3. The monoisotopic (exact) mass is 196 g/mol. The molecule has 1 unspecified atom stereocenters. The molecule has 5 heteroatoms. The topological polar surface area (TPSA) is 72.9 Å². The highest BCUT2D eigenvalue weighted by Gasteiger charge is 2.11. The van der Waals surface area contributed by atoms with E-state index in [0.717, 1.165) is 5.69 Å². The normalized spacial score (nSPS) is 12.6. The Labute approximate surface area is 83.3 Å². The lowest BCUT2D eigenvalue weighted by molar-refractivity contribution is 0.0951. The van der Waals surface area contributed by atoms with E-state index in [1.165, 1.54) is 0 Å². The number of amides is 1. The van der Waals surface area contributed by atoms with Gasteiger partial charge < -0.3 is 11.1 Å². The third-order valence-electron chi connectivity index (χ3n) is 1.84. The lowest BCUT2D eigenvalue weighted by atomic mass is 10.2. The first kappa shape index (κ1) is 10.7. The fourth-order valence-electron chi connectivity index (χ4n) is 1.17. The molecule has 0 saturated heterocycles. The van der Waals surface area contributed by atoms with E-state index in [9.17, 15) is 4.79 Å². The van der Waals surface area contributed by atoms with Crippen molar-refractivity contribution in [2.45, 2.75) is 19.9 Å². The first-order valence-corrected chi connectivity index (χ1v) is 4.54. The number of nitrogens with one attached hydrogen (secondary N) is 1. The van der Waals surface area contributed by atoms with Crippen molar-refractivity contribution >= 4 is 5.91 Å². The highest BCUT2D eigenvalue weighted by Crippen LogP contribution is 2.03. The Morgan fingerprint density at radius 3 is 2.86 bits per heavy atom. The van der Waals surface area contributed by atoms with Crippen molar-refractivity contribution in [2.24, 2.45) is 12.8 Å². The van der Waals surface area contributed by atoms with Crippen molar-refractivity contribution in [3.05, 3.63) is 17.5 Å². The standard InChI is InChI=1S/C9H16N4O/c1-6(10)4-11-9(14)8-5-13(3)12-7(8)2/h5-6H,4,10H2,1-3H3,(H,11,14). The van der Waals surface area contributed by atoms with Crippen LogP contribution in [0.5, 0.6) is 0 Å². The van der Waals surface area contributed by atoms with Crippen LogP contribution < -0.4 is 11.1 Å². The van der Waals surface area contributed by atoms with Gasteiger partial charge in [-0.05, 0) is 13.8 Å². The van der Waals surface area contributed by atoms with E-state index >= 15 is 0 Å². The molecular weight excluding hydrogens is 180 g/mol. The highest BCUT2D eigenvalue weighted by atomic mass is 16.1. The van der Waals surface area contributed by atoms with Crippen LogP contribution in [0.3, 0.4) is 0 Å². The molecule has 0 bridgehead atoms. The van der Waals surface area contributed by atoms with Crippen LogP contribution in [-0.2, 0) is 7.05 Å². The number of aromatic nitrogens is 2. The minimum Gasteiger partial charge on any atom is -0.350 e. The van der Waals surface area contributed by atoms with Gasteiger partial charge in [-0.15, -0.1) is 0 Å².